The molecule has 1 aromatic carbocycles. The fourth-order valence-electron chi connectivity index (χ4n) is 3.07. The van der Waals surface area contributed by atoms with Gasteiger partial charge < -0.3 is 19.3 Å². The summed E-state index contributed by atoms with van der Waals surface area (Å²) in [7, 11) is 0. The zero-order chi connectivity index (χ0) is 21.0. The van der Waals surface area contributed by atoms with Crippen molar-refractivity contribution in [1.29, 1.82) is 0 Å². The predicted molar refractivity (Wildman–Crippen MR) is 113 cm³/mol. The molecule has 1 aromatic heterocycles. The molecule has 3 rings (SSSR count). The van der Waals surface area contributed by atoms with E-state index in [-0.39, 0.29) is 31.2 Å². The Kier molecular flexibility index (Phi) is 7.03. The van der Waals surface area contributed by atoms with Gasteiger partial charge in [-0.3, -0.25) is 9.59 Å². The van der Waals surface area contributed by atoms with Crippen molar-refractivity contribution in [1.82, 2.24) is 9.80 Å². The number of carbonyl (C=O) groups is 2. The van der Waals surface area contributed by atoms with Crippen LogP contribution in [0.1, 0.15) is 31.2 Å². The molecule has 0 spiro atoms. The number of carbonyl (C=O) groups excluding carboxylic acids is 2. The van der Waals surface area contributed by atoms with Crippen molar-refractivity contribution >= 4 is 34.8 Å². The summed E-state index contributed by atoms with van der Waals surface area (Å²) in [6.45, 7) is 6.46. The lowest BCUT2D eigenvalue weighted by molar-refractivity contribution is -0.142. The van der Waals surface area contributed by atoms with Crippen LogP contribution >= 0.6 is 22.9 Å². The van der Waals surface area contributed by atoms with Crippen LogP contribution in [-0.4, -0.2) is 46.4 Å². The van der Waals surface area contributed by atoms with Gasteiger partial charge in [0.15, 0.2) is 11.5 Å². The van der Waals surface area contributed by atoms with Gasteiger partial charge in [-0.1, -0.05) is 12.1 Å². The summed E-state index contributed by atoms with van der Waals surface area (Å²) in [6, 6.07) is 9.50. The smallest absolute Gasteiger partial charge is 0.242 e. The van der Waals surface area contributed by atoms with Crippen molar-refractivity contribution in [3.05, 3.63) is 46.2 Å². The Morgan fingerprint density at radius 2 is 1.90 bits per heavy atom. The molecule has 6 nitrogen and oxygen atoms in total. The molecular weight excluding hydrogens is 412 g/mol. The molecule has 0 fully saturated rings. The number of fused-ring (bicyclic) bond motifs is 1. The molecule has 8 heteroatoms. The number of nitrogens with zero attached hydrogens (tertiary/aromatic N) is 2. The van der Waals surface area contributed by atoms with E-state index in [0.29, 0.717) is 24.6 Å². The van der Waals surface area contributed by atoms with Gasteiger partial charge in [0.25, 0.3) is 0 Å². The molecule has 0 saturated carbocycles. The Balaban J connectivity index is 1.78. The number of amides is 2. The van der Waals surface area contributed by atoms with Crippen LogP contribution in [0.15, 0.2) is 35.7 Å². The van der Waals surface area contributed by atoms with E-state index in [1.165, 1.54) is 4.90 Å². The lowest BCUT2D eigenvalue weighted by Crippen LogP contribution is -2.47. The highest BCUT2D eigenvalue weighted by molar-refractivity contribution is 7.09. The minimum absolute atomic E-state index is 0.0104. The van der Waals surface area contributed by atoms with E-state index in [1.807, 2.05) is 49.6 Å². The maximum atomic E-state index is 13.2. The number of ether oxygens (including phenoxy) is 2. The van der Waals surface area contributed by atoms with E-state index in [9.17, 15) is 9.59 Å². The molecule has 0 aliphatic carbocycles. The maximum absolute atomic E-state index is 13.2. The maximum Gasteiger partial charge on any atom is 0.242 e. The van der Waals surface area contributed by atoms with E-state index < -0.39 is 5.38 Å². The Morgan fingerprint density at radius 3 is 2.55 bits per heavy atom. The van der Waals surface area contributed by atoms with Crippen molar-refractivity contribution in [2.45, 2.75) is 45.3 Å². The second kappa shape index (κ2) is 9.50. The summed E-state index contributed by atoms with van der Waals surface area (Å²) in [5.41, 5.74) is 0.937. The largest absolute Gasteiger partial charge is 0.454 e. The zero-order valence-corrected chi connectivity index (χ0v) is 18.3. The van der Waals surface area contributed by atoms with Gasteiger partial charge in [-0.15, -0.1) is 22.9 Å². The Bertz CT molecular complexity index is 854. The molecule has 1 aliphatic heterocycles. The average molecular weight is 437 g/mol. The summed E-state index contributed by atoms with van der Waals surface area (Å²) in [6.07, 6.45) is 0. The molecule has 0 bridgehead atoms. The summed E-state index contributed by atoms with van der Waals surface area (Å²) in [5, 5.41) is 1.31. The molecule has 2 heterocycles. The van der Waals surface area contributed by atoms with Crippen molar-refractivity contribution in [3.8, 4) is 11.5 Å². The molecule has 156 valence electrons. The van der Waals surface area contributed by atoms with Crippen LogP contribution in [0.3, 0.4) is 0 Å². The van der Waals surface area contributed by atoms with Crippen molar-refractivity contribution in [2.24, 2.45) is 0 Å². The van der Waals surface area contributed by atoms with Crippen molar-refractivity contribution in [3.63, 3.8) is 0 Å². The molecular formula is C21H25ClN2O4S. The monoisotopic (exact) mass is 436 g/mol. The standard InChI is InChI=1S/C21H25ClN2O4S/c1-14(2)24(21(26)15(3)22)12-20(25)23(11-17-5-4-8-29-17)10-16-6-7-18-19(9-16)28-13-27-18/h4-9,14-15H,10-13H2,1-3H3. The van der Waals surface area contributed by atoms with Crippen LogP contribution in [0, 0.1) is 0 Å². The average Bonchev–Trinajstić information content (AvgIpc) is 3.35. The van der Waals surface area contributed by atoms with Crippen molar-refractivity contribution < 1.29 is 19.1 Å². The van der Waals surface area contributed by atoms with Gasteiger partial charge >= 0.3 is 0 Å². The molecule has 0 radical (unpaired) electrons. The Hall–Kier alpha value is -2.25. The first-order chi connectivity index (χ1) is 13.8. The van der Waals surface area contributed by atoms with Gasteiger partial charge in [0.2, 0.25) is 18.6 Å². The van der Waals surface area contributed by atoms with Gasteiger partial charge in [-0.2, -0.15) is 0 Å². The second-order valence-corrected chi connectivity index (χ2v) is 8.88. The molecule has 2 amide bonds. The fraction of sp³-hybridized carbons (Fsp3) is 0.429. The Labute approximate surface area is 180 Å². The lowest BCUT2D eigenvalue weighted by atomic mass is 10.1. The van der Waals surface area contributed by atoms with Crippen LogP contribution in [-0.2, 0) is 22.7 Å². The van der Waals surface area contributed by atoms with Crippen LogP contribution < -0.4 is 9.47 Å². The van der Waals surface area contributed by atoms with E-state index in [1.54, 1.807) is 23.2 Å². The van der Waals surface area contributed by atoms with Gasteiger partial charge in [-0.05, 0) is 49.9 Å². The number of rotatable bonds is 8. The molecule has 1 aliphatic rings. The van der Waals surface area contributed by atoms with E-state index >= 15 is 0 Å². The van der Waals surface area contributed by atoms with Gasteiger partial charge in [0, 0.05) is 17.5 Å². The number of benzene rings is 1. The number of thiophene rings is 1. The summed E-state index contributed by atoms with van der Waals surface area (Å²) in [5.74, 6) is 1.02. The van der Waals surface area contributed by atoms with Gasteiger partial charge in [-0.25, -0.2) is 0 Å². The zero-order valence-electron chi connectivity index (χ0n) is 16.8. The summed E-state index contributed by atoms with van der Waals surface area (Å²) < 4.78 is 10.8. The van der Waals surface area contributed by atoms with E-state index in [0.717, 1.165) is 10.4 Å². The normalized spacial score (nSPS) is 13.4. The first-order valence-electron chi connectivity index (χ1n) is 9.48. The molecule has 29 heavy (non-hydrogen) atoms. The number of halogens is 1. The third kappa shape index (κ3) is 5.42. The topological polar surface area (TPSA) is 59.1 Å². The molecule has 0 N–H and O–H groups in total. The lowest BCUT2D eigenvalue weighted by Gasteiger charge is -2.30. The molecule has 1 unspecified atom stereocenters. The third-order valence-corrected chi connectivity index (χ3v) is 5.69. The van der Waals surface area contributed by atoms with Crippen LogP contribution in [0.4, 0.5) is 0 Å². The summed E-state index contributed by atoms with van der Waals surface area (Å²) >= 11 is 7.58. The van der Waals surface area contributed by atoms with Crippen LogP contribution in [0.2, 0.25) is 0 Å². The number of alkyl halides is 1. The van der Waals surface area contributed by atoms with Crippen molar-refractivity contribution in [2.75, 3.05) is 13.3 Å². The van der Waals surface area contributed by atoms with Gasteiger partial charge in [0.1, 0.15) is 11.9 Å². The minimum Gasteiger partial charge on any atom is -0.454 e. The molecule has 1 atom stereocenters. The predicted octanol–water partition coefficient (Wildman–Crippen LogP) is 3.87. The quantitative estimate of drug-likeness (QED) is 0.589. The van der Waals surface area contributed by atoms with Gasteiger partial charge in [0.05, 0.1) is 6.54 Å². The minimum atomic E-state index is -0.676. The summed E-state index contributed by atoms with van der Waals surface area (Å²) in [4.78, 5) is 30.0. The first-order valence-corrected chi connectivity index (χ1v) is 10.8. The SMILES string of the molecule is CC(Cl)C(=O)N(CC(=O)N(Cc1ccc2c(c1)OCO2)Cc1cccs1)C(C)C. The van der Waals surface area contributed by atoms with Crippen LogP contribution in [0.25, 0.3) is 0 Å². The first kappa shape index (κ1) is 21.5. The number of hydrogen-bond donors (Lipinski definition) is 0. The van der Waals surface area contributed by atoms with E-state index in [2.05, 4.69) is 0 Å². The van der Waals surface area contributed by atoms with E-state index in [4.69, 9.17) is 21.1 Å². The van der Waals surface area contributed by atoms with Crippen LogP contribution in [0.5, 0.6) is 11.5 Å². The fourth-order valence-corrected chi connectivity index (χ4v) is 3.92. The highest BCUT2D eigenvalue weighted by Crippen LogP contribution is 2.33. The molecule has 0 saturated heterocycles. The molecule has 2 aromatic rings. The number of hydrogen-bond acceptors (Lipinski definition) is 5. The highest BCUT2D eigenvalue weighted by Gasteiger charge is 2.26. The second-order valence-electron chi connectivity index (χ2n) is 7.19. The highest BCUT2D eigenvalue weighted by atomic mass is 35.5. The Morgan fingerprint density at radius 1 is 1.14 bits per heavy atom. The third-order valence-electron chi connectivity index (χ3n) is 4.64.